The summed E-state index contributed by atoms with van der Waals surface area (Å²) in [4.78, 5) is 0. The highest BCUT2D eigenvalue weighted by Crippen LogP contribution is 2.39. The van der Waals surface area contributed by atoms with Crippen molar-refractivity contribution in [2.75, 3.05) is 20.8 Å². The van der Waals surface area contributed by atoms with E-state index in [0.717, 1.165) is 0 Å². The van der Waals surface area contributed by atoms with Gasteiger partial charge in [0, 0.05) is 6.54 Å². The molecular formula is C10H14BrNO3. The summed E-state index contributed by atoms with van der Waals surface area (Å²) in [5.41, 5.74) is 6.08. The van der Waals surface area contributed by atoms with E-state index in [4.69, 9.17) is 15.2 Å². The van der Waals surface area contributed by atoms with Crippen LogP contribution in [0.15, 0.2) is 16.6 Å². The summed E-state index contributed by atoms with van der Waals surface area (Å²) < 4.78 is 11.0. The van der Waals surface area contributed by atoms with Gasteiger partial charge in [-0.25, -0.2) is 0 Å². The number of nitrogens with two attached hydrogens (primary N) is 1. The van der Waals surface area contributed by atoms with Crippen molar-refractivity contribution >= 4 is 15.9 Å². The minimum Gasteiger partial charge on any atom is -0.493 e. The first-order valence-electron chi connectivity index (χ1n) is 4.44. The summed E-state index contributed by atoms with van der Waals surface area (Å²) in [7, 11) is 3.10. The number of hydrogen-bond acceptors (Lipinski definition) is 4. The summed E-state index contributed by atoms with van der Waals surface area (Å²) in [5, 5.41) is 9.64. The van der Waals surface area contributed by atoms with Crippen LogP contribution < -0.4 is 15.2 Å². The van der Waals surface area contributed by atoms with Crippen molar-refractivity contribution in [1.82, 2.24) is 0 Å². The molecule has 0 unspecified atom stereocenters. The van der Waals surface area contributed by atoms with E-state index in [1.54, 1.807) is 26.4 Å². The predicted octanol–water partition coefficient (Wildman–Crippen LogP) is 1.46. The highest BCUT2D eigenvalue weighted by molar-refractivity contribution is 9.10. The van der Waals surface area contributed by atoms with Crippen molar-refractivity contribution in [3.05, 3.63) is 22.2 Å². The fourth-order valence-corrected chi connectivity index (χ4v) is 2.04. The molecule has 0 heterocycles. The number of benzene rings is 1. The van der Waals surface area contributed by atoms with Gasteiger partial charge in [-0.1, -0.05) is 6.07 Å². The van der Waals surface area contributed by atoms with Crippen LogP contribution in [0.4, 0.5) is 0 Å². The first-order chi connectivity index (χ1) is 7.15. The summed E-state index contributed by atoms with van der Waals surface area (Å²) in [6.07, 6.45) is -0.709. The van der Waals surface area contributed by atoms with E-state index in [1.165, 1.54) is 0 Å². The second-order valence-electron chi connectivity index (χ2n) is 2.96. The summed E-state index contributed by atoms with van der Waals surface area (Å²) in [6.45, 7) is 0.161. The van der Waals surface area contributed by atoms with E-state index in [2.05, 4.69) is 15.9 Å². The molecule has 4 nitrogen and oxygen atoms in total. The average molecular weight is 276 g/mol. The summed E-state index contributed by atoms with van der Waals surface area (Å²) >= 11 is 3.35. The molecule has 0 spiro atoms. The number of halogens is 1. The topological polar surface area (TPSA) is 64.7 Å². The zero-order valence-corrected chi connectivity index (χ0v) is 10.2. The number of ether oxygens (including phenoxy) is 2. The van der Waals surface area contributed by atoms with Gasteiger partial charge in [0.25, 0.3) is 0 Å². The number of aliphatic hydroxyl groups excluding tert-OH is 1. The number of rotatable bonds is 4. The lowest BCUT2D eigenvalue weighted by atomic mass is 10.1. The molecule has 0 radical (unpaired) electrons. The van der Waals surface area contributed by atoms with Gasteiger partial charge >= 0.3 is 0 Å². The van der Waals surface area contributed by atoms with Gasteiger partial charge in [0.2, 0.25) is 0 Å². The Balaban J connectivity index is 3.22. The second-order valence-corrected chi connectivity index (χ2v) is 3.75. The molecule has 0 saturated heterocycles. The molecule has 0 aliphatic rings. The van der Waals surface area contributed by atoms with Crippen LogP contribution in [-0.2, 0) is 0 Å². The molecule has 0 saturated carbocycles. The van der Waals surface area contributed by atoms with E-state index in [1.807, 2.05) is 0 Å². The van der Waals surface area contributed by atoms with Crippen molar-refractivity contribution in [1.29, 1.82) is 0 Å². The Labute approximate surface area is 97.1 Å². The van der Waals surface area contributed by atoms with Gasteiger partial charge in [-0.2, -0.15) is 0 Å². The van der Waals surface area contributed by atoms with Gasteiger partial charge in [-0.15, -0.1) is 0 Å². The summed E-state index contributed by atoms with van der Waals surface area (Å²) in [6, 6.07) is 3.49. The Hall–Kier alpha value is -0.780. The highest BCUT2D eigenvalue weighted by Gasteiger charge is 2.16. The van der Waals surface area contributed by atoms with Gasteiger partial charge in [0.1, 0.15) is 0 Å². The number of aliphatic hydroxyl groups is 1. The quantitative estimate of drug-likeness (QED) is 0.873. The Kier molecular flexibility index (Phi) is 4.38. The van der Waals surface area contributed by atoms with Crippen molar-refractivity contribution in [2.45, 2.75) is 6.10 Å². The van der Waals surface area contributed by atoms with Crippen molar-refractivity contribution < 1.29 is 14.6 Å². The molecule has 1 aromatic rings. The first kappa shape index (κ1) is 12.3. The minimum atomic E-state index is -0.709. The molecule has 0 aliphatic heterocycles. The van der Waals surface area contributed by atoms with Crippen LogP contribution in [0.5, 0.6) is 11.5 Å². The largest absolute Gasteiger partial charge is 0.493 e. The van der Waals surface area contributed by atoms with E-state index in [-0.39, 0.29) is 6.54 Å². The molecule has 1 aromatic carbocycles. The Morgan fingerprint density at radius 1 is 1.40 bits per heavy atom. The van der Waals surface area contributed by atoms with Gasteiger partial charge < -0.3 is 20.3 Å². The van der Waals surface area contributed by atoms with E-state index >= 15 is 0 Å². The van der Waals surface area contributed by atoms with Crippen LogP contribution in [-0.4, -0.2) is 25.9 Å². The molecule has 5 heteroatoms. The fourth-order valence-electron chi connectivity index (χ4n) is 1.29. The van der Waals surface area contributed by atoms with Crippen LogP contribution in [0.1, 0.15) is 11.7 Å². The van der Waals surface area contributed by atoms with Crippen LogP contribution >= 0.6 is 15.9 Å². The first-order valence-corrected chi connectivity index (χ1v) is 5.23. The molecule has 0 amide bonds. The maximum absolute atomic E-state index is 9.64. The lowest BCUT2D eigenvalue weighted by molar-refractivity contribution is 0.185. The van der Waals surface area contributed by atoms with E-state index in [0.29, 0.717) is 21.5 Å². The smallest absolute Gasteiger partial charge is 0.175 e. The van der Waals surface area contributed by atoms with Crippen molar-refractivity contribution in [2.24, 2.45) is 5.73 Å². The third-order valence-corrected chi connectivity index (χ3v) is 2.92. The lowest BCUT2D eigenvalue weighted by Gasteiger charge is -2.15. The zero-order chi connectivity index (χ0) is 11.4. The zero-order valence-electron chi connectivity index (χ0n) is 8.66. The van der Waals surface area contributed by atoms with E-state index < -0.39 is 6.10 Å². The van der Waals surface area contributed by atoms with Gasteiger partial charge in [-0.3, -0.25) is 0 Å². The molecule has 0 bridgehead atoms. The molecule has 3 N–H and O–H groups in total. The highest BCUT2D eigenvalue weighted by atomic mass is 79.9. The predicted molar refractivity (Wildman–Crippen MR) is 61.3 cm³/mol. The Morgan fingerprint density at radius 2 is 2.07 bits per heavy atom. The Morgan fingerprint density at radius 3 is 2.53 bits per heavy atom. The maximum atomic E-state index is 9.64. The summed E-state index contributed by atoms with van der Waals surface area (Å²) in [5.74, 6) is 1.17. The normalized spacial score (nSPS) is 12.3. The molecule has 1 atom stereocenters. The molecule has 84 valence electrons. The van der Waals surface area contributed by atoms with E-state index in [9.17, 15) is 5.11 Å². The molecule has 15 heavy (non-hydrogen) atoms. The second kappa shape index (κ2) is 5.34. The van der Waals surface area contributed by atoms with Gasteiger partial charge in [-0.05, 0) is 27.6 Å². The Bertz CT molecular complexity index is 344. The van der Waals surface area contributed by atoms with Crippen molar-refractivity contribution in [3.8, 4) is 11.5 Å². The van der Waals surface area contributed by atoms with Crippen LogP contribution in [0.2, 0.25) is 0 Å². The molecule has 0 aliphatic carbocycles. The molecule has 1 rings (SSSR count). The number of methoxy groups -OCH3 is 2. The number of hydrogen-bond donors (Lipinski definition) is 2. The SMILES string of the molecule is COc1ccc([C@@H](O)CN)c(Br)c1OC. The third kappa shape index (κ3) is 2.42. The van der Waals surface area contributed by atoms with Crippen LogP contribution in [0.25, 0.3) is 0 Å². The average Bonchev–Trinajstić information content (AvgIpc) is 2.27. The van der Waals surface area contributed by atoms with Crippen LogP contribution in [0, 0.1) is 0 Å². The standard InChI is InChI=1S/C10H14BrNO3/c1-14-8-4-3-6(7(13)5-12)9(11)10(8)15-2/h3-4,7,13H,5,12H2,1-2H3/t7-/m0/s1. The minimum absolute atomic E-state index is 0.161. The molecule has 0 aromatic heterocycles. The maximum Gasteiger partial charge on any atom is 0.175 e. The van der Waals surface area contributed by atoms with Gasteiger partial charge in [0.05, 0.1) is 24.8 Å². The molecule has 0 fully saturated rings. The van der Waals surface area contributed by atoms with Crippen molar-refractivity contribution in [3.63, 3.8) is 0 Å². The van der Waals surface area contributed by atoms with Crippen LogP contribution in [0.3, 0.4) is 0 Å². The molecular weight excluding hydrogens is 262 g/mol. The monoisotopic (exact) mass is 275 g/mol. The van der Waals surface area contributed by atoms with Gasteiger partial charge in [0.15, 0.2) is 11.5 Å². The fraction of sp³-hybridized carbons (Fsp3) is 0.400. The lowest BCUT2D eigenvalue weighted by Crippen LogP contribution is -2.12. The third-order valence-electron chi connectivity index (χ3n) is 2.10.